The number of aliphatic hydroxyl groups is 1. The van der Waals surface area contributed by atoms with Crippen molar-refractivity contribution in [1.82, 2.24) is 4.98 Å². The Labute approximate surface area is 117 Å². The summed E-state index contributed by atoms with van der Waals surface area (Å²) in [6, 6.07) is 5.27. The third kappa shape index (κ3) is 3.30. The van der Waals surface area contributed by atoms with E-state index >= 15 is 0 Å². The van der Waals surface area contributed by atoms with Crippen molar-refractivity contribution in [3.63, 3.8) is 0 Å². The number of aromatic nitrogens is 1. The van der Waals surface area contributed by atoms with E-state index in [-0.39, 0.29) is 5.56 Å². The summed E-state index contributed by atoms with van der Waals surface area (Å²) >= 11 is 0. The summed E-state index contributed by atoms with van der Waals surface area (Å²) in [4.78, 5) is 3.87. The molecule has 1 aromatic heterocycles. The number of aliphatic hydroxyl groups excluding tert-OH is 1. The molecule has 7 heteroatoms. The second-order valence-electron chi connectivity index (χ2n) is 4.27. The molecule has 0 aliphatic carbocycles. The molecule has 0 radical (unpaired) electrons. The van der Waals surface area contributed by atoms with Crippen LogP contribution in [0.2, 0.25) is 0 Å². The Balaban J connectivity index is 2.30. The van der Waals surface area contributed by atoms with Gasteiger partial charge in [0, 0.05) is 17.8 Å². The van der Waals surface area contributed by atoms with Crippen molar-refractivity contribution in [2.75, 3.05) is 7.11 Å². The molecule has 2 rings (SSSR count). The van der Waals surface area contributed by atoms with Crippen LogP contribution in [0.25, 0.3) is 0 Å². The molecular formula is C14H11F4NO2. The normalized spacial score (nSPS) is 13.0. The monoisotopic (exact) mass is 301 g/mol. The summed E-state index contributed by atoms with van der Waals surface area (Å²) in [6.07, 6.45) is -4.74. The maximum absolute atomic E-state index is 13.5. The fraction of sp³-hybridized carbons (Fsp3) is 0.214. The largest absolute Gasteiger partial charge is 0.481 e. The number of ether oxygens (including phenoxy) is 1. The van der Waals surface area contributed by atoms with E-state index in [9.17, 15) is 22.7 Å². The molecule has 0 bridgehead atoms. The average Bonchev–Trinajstić information content (AvgIpc) is 2.45. The van der Waals surface area contributed by atoms with Crippen molar-refractivity contribution in [1.29, 1.82) is 0 Å². The second kappa shape index (κ2) is 5.69. The van der Waals surface area contributed by atoms with Crippen LogP contribution in [0.15, 0.2) is 36.5 Å². The zero-order valence-electron chi connectivity index (χ0n) is 10.9. The lowest BCUT2D eigenvalue weighted by molar-refractivity contribution is -0.140. The summed E-state index contributed by atoms with van der Waals surface area (Å²) in [7, 11) is 1.42. The lowest BCUT2D eigenvalue weighted by Gasteiger charge is -2.14. The quantitative estimate of drug-likeness (QED) is 0.884. The Morgan fingerprint density at radius 1 is 1.14 bits per heavy atom. The van der Waals surface area contributed by atoms with E-state index in [0.29, 0.717) is 23.6 Å². The predicted octanol–water partition coefficient (Wildman–Crippen LogP) is 3.33. The second-order valence-corrected chi connectivity index (χ2v) is 4.27. The summed E-state index contributed by atoms with van der Waals surface area (Å²) in [5.74, 6) is -1.11. The van der Waals surface area contributed by atoms with Gasteiger partial charge in [0.2, 0.25) is 5.88 Å². The molecule has 0 saturated heterocycles. The summed E-state index contributed by atoms with van der Waals surface area (Å²) in [5, 5.41) is 10.0. The van der Waals surface area contributed by atoms with Gasteiger partial charge in [-0.15, -0.1) is 0 Å². The maximum Gasteiger partial charge on any atom is 0.419 e. The van der Waals surface area contributed by atoms with E-state index in [0.717, 1.165) is 6.07 Å². The highest BCUT2D eigenvalue weighted by Crippen LogP contribution is 2.33. The molecule has 0 saturated carbocycles. The molecule has 112 valence electrons. The van der Waals surface area contributed by atoms with Crippen molar-refractivity contribution in [2.45, 2.75) is 12.3 Å². The van der Waals surface area contributed by atoms with E-state index in [1.807, 2.05) is 0 Å². The van der Waals surface area contributed by atoms with Crippen LogP contribution in [-0.2, 0) is 6.18 Å². The van der Waals surface area contributed by atoms with Crippen molar-refractivity contribution in [3.05, 3.63) is 59.0 Å². The minimum absolute atomic E-state index is 0.00691. The SMILES string of the molecule is COc1ccc(C(O)c2ccc(C(F)(F)F)c(F)c2)cn1. The number of rotatable bonds is 3. The van der Waals surface area contributed by atoms with Crippen LogP contribution in [0.3, 0.4) is 0 Å². The predicted molar refractivity (Wildman–Crippen MR) is 66.3 cm³/mol. The Bertz CT molecular complexity index is 626. The van der Waals surface area contributed by atoms with E-state index in [1.54, 1.807) is 0 Å². The summed E-state index contributed by atoms with van der Waals surface area (Å²) in [6.45, 7) is 0. The standard InChI is InChI=1S/C14H11F4NO2/c1-21-12-5-3-9(7-19-12)13(20)8-2-4-10(11(15)6-8)14(16,17)18/h2-7,13,20H,1H3. The smallest absolute Gasteiger partial charge is 0.419 e. The number of alkyl halides is 3. The molecule has 1 N–H and O–H groups in total. The molecule has 0 amide bonds. The van der Waals surface area contributed by atoms with Gasteiger partial charge in [0.25, 0.3) is 0 Å². The number of halogens is 4. The molecule has 0 aliphatic heterocycles. The van der Waals surface area contributed by atoms with Gasteiger partial charge in [-0.05, 0) is 23.8 Å². The molecule has 3 nitrogen and oxygen atoms in total. The van der Waals surface area contributed by atoms with E-state index in [1.165, 1.54) is 25.4 Å². The molecule has 0 fully saturated rings. The van der Waals surface area contributed by atoms with Crippen molar-refractivity contribution >= 4 is 0 Å². The number of methoxy groups -OCH3 is 1. The van der Waals surface area contributed by atoms with Crippen molar-refractivity contribution < 1.29 is 27.4 Å². The minimum atomic E-state index is -4.77. The third-order valence-corrected chi connectivity index (χ3v) is 2.90. The highest BCUT2D eigenvalue weighted by molar-refractivity contribution is 5.33. The Kier molecular flexibility index (Phi) is 4.13. The first kappa shape index (κ1) is 15.2. The molecule has 1 heterocycles. The Hall–Kier alpha value is -2.15. The van der Waals surface area contributed by atoms with Crippen molar-refractivity contribution in [2.24, 2.45) is 0 Å². The number of benzene rings is 1. The highest BCUT2D eigenvalue weighted by atomic mass is 19.4. The number of hydrogen-bond donors (Lipinski definition) is 1. The molecule has 2 aromatic rings. The van der Waals surface area contributed by atoms with E-state index < -0.39 is 23.7 Å². The molecular weight excluding hydrogens is 290 g/mol. The fourth-order valence-corrected chi connectivity index (χ4v) is 1.80. The van der Waals surface area contributed by atoms with Crippen LogP contribution in [0.4, 0.5) is 17.6 Å². The van der Waals surface area contributed by atoms with Gasteiger partial charge >= 0.3 is 6.18 Å². The molecule has 0 aliphatic rings. The van der Waals surface area contributed by atoms with Crippen LogP contribution < -0.4 is 4.74 Å². The Morgan fingerprint density at radius 3 is 2.29 bits per heavy atom. The molecule has 1 atom stereocenters. The maximum atomic E-state index is 13.5. The van der Waals surface area contributed by atoms with Crippen LogP contribution in [-0.4, -0.2) is 17.2 Å². The van der Waals surface area contributed by atoms with Gasteiger partial charge in [-0.3, -0.25) is 0 Å². The van der Waals surface area contributed by atoms with Crippen molar-refractivity contribution in [3.8, 4) is 5.88 Å². The fourth-order valence-electron chi connectivity index (χ4n) is 1.80. The van der Waals surface area contributed by atoms with Gasteiger partial charge in [0.15, 0.2) is 0 Å². The topological polar surface area (TPSA) is 42.4 Å². The van der Waals surface area contributed by atoms with Crippen LogP contribution >= 0.6 is 0 Å². The lowest BCUT2D eigenvalue weighted by atomic mass is 10.0. The zero-order valence-corrected chi connectivity index (χ0v) is 10.9. The third-order valence-electron chi connectivity index (χ3n) is 2.90. The van der Waals surface area contributed by atoms with Crippen LogP contribution in [0.1, 0.15) is 22.8 Å². The van der Waals surface area contributed by atoms with Gasteiger partial charge in [-0.1, -0.05) is 6.07 Å². The van der Waals surface area contributed by atoms with E-state index in [2.05, 4.69) is 4.98 Å². The first-order valence-corrected chi connectivity index (χ1v) is 5.87. The number of hydrogen-bond acceptors (Lipinski definition) is 3. The average molecular weight is 301 g/mol. The summed E-state index contributed by atoms with van der Waals surface area (Å²) < 4.78 is 55.7. The zero-order chi connectivity index (χ0) is 15.6. The minimum Gasteiger partial charge on any atom is -0.481 e. The number of pyridine rings is 1. The summed E-state index contributed by atoms with van der Waals surface area (Å²) in [5.41, 5.74) is -1.05. The van der Waals surface area contributed by atoms with Gasteiger partial charge in [-0.2, -0.15) is 13.2 Å². The van der Waals surface area contributed by atoms with Gasteiger partial charge in [0.05, 0.1) is 12.7 Å². The van der Waals surface area contributed by atoms with Crippen LogP contribution in [0, 0.1) is 5.82 Å². The molecule has 0 spiro atoms. The van der Waals surface area contributed by atoms with Gasteiger partial charge in [0.1, 0.15) is 11.9 Å². The highest BCUT2D eigenvalue weighted by Gasteiger charge is 2.34. The first-order valence-electron chi connectivity index (χ1n) is 5.87. The molecule has 1 unspecified atom stereocenters. The first-order chi connectivity index (χ1) is 9.82. The van der Waals surface area contributed by atoms with Gasteiger partial charge in [-0.25, -0.2) is 9.37 Å². The van der Waals surface area contributed by atoms with Crippen LogP contribution in [0.5, 0.6) is 5.88 Å². The molecule has 1 aromatic carbocycles. The lowest BCUT2D eigenvalue weighted by Crippen LogP contribution is -2.09. The van der Waals surface area contributed by atoms with Gasteiger partial charge < -0.3 is 9.84 Å². The molecule has 21 heavy (non-hydrogen) atoms. The Morgan fingerprint density at radius 2 is 1.81 bits per heavy atom. The van der Waals surface area contributed by atoms with E-state index in [4.69, 9.17) is 4.74 Å². The number of nitrogens with zero attached hydrogens (tertiary/aromatic N) is 1.